The summed E-state index contributed by atoms with van der Waals surface area (Å²) in [5.41, 5.74) is 2.78. The number of halogens is 4. The van der Waals surface area contributed by atoms with Crippen LogP contribution in [0.25, 0.3) is 0 Å². The van der Waals surface area contributed by atoms with Gasteiger partial charge in [0.25, 0.3) is 0 Å². The average molecular weight is 457 g/mol. The number of methoxy groups -OCH3 is 1. The topological polar surface area (TPSA) is 30.5 Å². The van der Waals surface area contributed by atoms with Crippen molar-refractivity contribution in [2.75, 3.05) is 12.4 Å². The SMILES string of the molecule is COc1cc(CNc2cc(Cl)cc(Cl)c2)ccc1OCc1ccc(Cl)c(Cl)c1. The van der Waals surface area contributed by atoms with Crippen molar-refractivity contribution in [1.82, 2.24) is 0 Å². The van der Waals surface area contributed by atoms with E-state index in [0.717, 1.165) is 16.8 Å². The number of ether oxygens (including phenoxy) is 2. The fraction of sp³-hybridized carbons (Fsp3) is 0.143. The van der Waals surface area contributed by atoms with Crippen LogP contribution in [0, 0.1) is 0 Å². The highest BCUT2D eigenvalue weighted by molar-refractivity contribution is 6.42. The second-order valence-electron chi connectivity index (χ2n) is 6.03. The van der Waals surface area contributed by atoms with E-state index in [9.17, 15) is 0 Å². The van der Waals surface area contributed by atoms with E-state index < -0.39 is 0 Å². The molecule has 0 atom stereocenters. The summed E-state index contributed by atoms with van der Waals surface area (Å²) in [5.74, 6) is 1.28. The highest BCUT2D eigenvalue weighted by atomic mass is 35.5. The van der Waals surface area contributed by atoms with Gasteiger partial charge in [-0.2, -0.15) is 0 Å². The van der Waals surface area contributed by atoms with Crippen LogP contribution in [0.3, 0.4) is 0 Å². The van der Waals surface area contributed by atoms with E-state index in [1.165, 1.54) is 0 Å². The molecular formula is C21H17Cl4NO2. The molecule has 0 heterocycles. The third kappa shape index (κ3) is 5.62. The molecule has 28 heavy (non-hydrogen) atoms. The first-order chi connectivity index (χ1) is 13.4. The molecule has 3 aromatic rings. The van der Waals surface area contributed by atoms with Gasteiger partial charge in [0, 0.05) is 22.3 Å². The van der Waals surface area contributed by atoms with E-state index in [-0.39, 0.29) is 0 Å². The number of nitrogens with one attached hydrogen (secondary N) is 1. The van der Waals surface area contributed by atoms with Crippen molar-refractivity contribution in [1.29, 1.82) is 0 Å². The van der Waals surface area contributed by atoms with Gasteiger partial charge in [0.05, 0.1) is 17.2 Å². The van der Waals surface area contributed by atoms with E-state index in [1.54, 1.807) is 25.3 Å². The fourth-order valence-corrected chi connectivity index (χ4v) is 3.44. The Labute approximate surface area is 184 Å². The zero-order chi connectivity index (χ0) is 20.1. The van der Waals surface area contributed by atoms with Crippen LogP contribution in [0.5, 0.6) is 11.5 Å². The molecule has 0 saturated carbocycles. The van der Waals surface area contributed by atoms with Gasteiger partial charge in [0.1, 0.15) is 6.61 Å². The number of rotatable bonds is 7. The average Bonchev–Trinajstić information content (AvgIpc) is 2.67. The molecule has 1 N–H and O–H groups in total. The summed E-state index contributed by atoms with van der Waals surface area (Å²) < 4.78 is 11.3. The lowest BCUT2D eigenvalue weighted by molar-refractivity contribution is 0.284. The Morgan fingerprint density at radius 2 is 1.46 bits per heavy atom. The second kappa shape index (κ2) is 9.62. The van der Waals surface area contributed by atoms with Crippen LogP contribution in [-0.2, 0) is 13.2 Å². The summed E-state index contributed by atoms with van der Waals surface area (Å²) in [4.78, 5) is 0. The zero-order valence-electron chi connectivity index (χ0n) is 14.9. The quantitative estimate of drug-likeness (QED) is 0.399. The molecule has 0 aliphatic carbocycles. The summed E-state index contributed by atoms with van der Waals surface area (Å²) >= 11 is 24.0. The minimum atomic E-state index is 0.353. The Morgan fingerprint density at radius 1 is 0.750 bits per heavy atom. The summed E-state index contributed by atoms with van der Waals surface area (Å²) in [6.07, 6.45) is 0. The predicted molar refractivity (Wildman–Crippen MR) is 118 cm³/mol. The molecule has 0 unspecified atom stereocenters. The van der Waals surface area contributed by atoms with Crippen molar-refractivity contribution in [3.8, 4) is 11.5 Å². The first kappa shape index (κ1) is 20.9. The van der Waals surface area contributed by atoms with Gasteiger partial charge in [0.15, 0.2) is 11.5 Å². The molecule has 0 aromatic heterocycles. The fourth-order valence-electron chi connectivity index (χ4n) is 2.59. The van der Waals surface area contributed by atoms with Gasteiger partial charge in [-0.1, -0.05) is 58.5 Å². The van der Waals surface area contributed by atoms with E-state index in [4.69, 9.17) is 55.9 Å². The maximum atomic E-state index is 6.04. The molecule has 0 saturated heterocycles. The van der Waals surface area contributed by atoms with E-state index in [2.05, 4.69) is 5.32 Å². The number of hydrogen-bond donors (Lipinski definition) is 1. The van der Waals surface area contributed by atoms with Crippen molar-refractivity contribution in [3.63, 3.8) is 0 Å². The van der Waals surface area contributed by atoms with Crippen LogP contribution in [0.2, 0.25) is 20.1 Å². The van der Waals surface area contributed by atoms with Gasteiger partial charge in [-0.3, -0.25) is 0 Å². The number of anilines is 1. The molecule has 0 spiro atoms. The molecular weight excluding hydrogens is 440 g/mol. The molecule has 3 rings (SSSR count). The predicted octanol–water partition coefficient (Wildman–Crippen LogP) is 7.50. The summed E-state index contributed by atoms with van der Waals surface area (Å²) in [5, 5.41) is 5.47. The van der Waals surface area contributed by atoms with E-state index in [1.807, 2.05) is 36.4 Å². The van der Waals surface area contributed by atoms with Gasteiger partial charge in [-0.15, -0.1) is 0 Å². The van der Waals surface area contributed by atoms with Gasteiger partial charge in [-0.05, 0) is 53.6 Å². The molecule has 0 radical (unpaired) electrons. The first-order valence-corrected chi connectivity index (χ1v) is 9.89. The van der Waals surface area contributed by atoms with E-state index >= 15 is 0 Å². The van der Waals surface area contributed by atoms with Crippen molar-refractivity contribution in [3.05, 3.63) is 85.8 Å². The third-order valence-electron chi connectivity index (χ3n) is 3.97. The lowest BCUT2D eigenvalue weighted by Crippen LogP contribution is -2.02. The van der Waals surface area contributed by atoms with E-state index in [0.29, 0.717) is 44.7 Å². The molecule has 3 nitrogen and oxygen atoms in total. The Bertz CT molecular complexity index is 958. The lowest BCUT2D eigenvalue weighted by Gasteiger charge is -2.13. The Kier molecular flexibility index (Phi) is 7.19. The van der Waals surface area contributed by atoms with Gasteiger partial charge >= 0.3 is 0 Å². The molecule has 3 aromatic carbocycles. The third-order valence-corrected chi connectivity index (χ3v) is 5.14. The minimum absolute atomic E-state index is 0.353. The Morgan fingerprint density at radius 3 is 2.14 bits per heavy atom. The van der Waals surface area contributed by atoms with Gasteiger partial charge in [-0.25, -0.2) is 0 Å². The molecule has 7 heteroatoms. The minimum Gasteiger partial charge on any atom is -0.493 e. The van der Waals surface area contributed by atoms with Crippen LogP contribution in [-0.4, -0.2) is 7.11 Å². The smallest absolute Gasteiger partial charge is 0.161 e. The van der Waals surface area contributed by atoms with Crippen LogP contribution in [0.1, 0.15) is 11.1 Å². The van der Waals surface area contributed by atoms with Gasteiger partial charge < -0.3 is 14.8 Å². The Hall–Kier alpha value is -1.78. The van der Waals surface area contributed by atoms with Crippen LogP contribution in [0.4, 0.5) is 5.69 Å². The molecule has 0 fully saturated rings. The highest BCUT2D eigenvalue weighted by Crippen LogP contribution is 2.30. The van der Waals surface area contributed by atoms with Crippen molar-refractivity contribution in [2.45, 2.75) is 13.2 Å². The van der Waals surface area contributed by atoms with Crippen LogP contribution >= 0.6 is 46.4 Å². The van der Waals surface area contributed by atoms with Crippen molar-refractivity contribution < 1.29 is 9.47 Å². The monoisotopic (exact) mass is 455 g/mol. The summed E-state index contributed by atoms with van der Waals surface area (Å²) in [7, 11) is 1.61. The van der Waals surface area contributed by atoms with Crippen LogP contribution in [0.15, 0.2) is 54.6 Å². The summed E-state index contributed by atoms with van der Waals surface area (Å²) in [6.45, 7) is 0.936. The normalized spacial score (nSPS) is 10.6. The second-order valence-corrected chi connectivity index (χ2v) is 7.72. The molecule has 0 amide bonds. The molecule has 0 aliphatic heterocycles. The zero-order valence-corrected chi connectivity index (χ0v) is 18.0. The van der Waals surface area contributed by atoms with Crippen molar-refractivity contribution in [2.24, 2.45) is 0 Å². The lowest BCUT2D eigenvalue weighted by atomic mass is 10.2. The maximum absolute atomic E-state index is 6.04. The first-order valence-electron chi connectivity index (χ1n) is 8.38. The number of hydrogen-bond acceptors (Lipinski definition) is 3. The maximum Gasteiger partial charge on any atom is 0.161 e. The molecule has 0 bridgehead atoms. The molecule has 146 valence electrons. The largest absolute Gasteiger partial charge is 0.493 e. The Balaban J connectivity index is 1.66. The number of benzene rings is 3. The van der Waals surface area contributed by atoms with Crippen LogP contribution < -0.4 is 14.8 Å². The highest BCUT2D eigenvalue weighted by Gasteiger charge is 2.08. The van der Waals surface area contributed by atoms with Gasteiger partial charge in [0.2, 0.25) is 0 Å². The standard InChI is InChI=1S/C21H17Cl4NO2/c1-27-21-7-13(11-26-17-9-15(22)8-16(23)10-17)3-5-20(21)28-12-14-2-4-18(24)19(25)6-14/h2-10,26H,11-12H2,1H3. The molecule has 0 aliphatic rings. The van der Waals surface area contributed by atoms with Crippen molar-refractivity contribution >= 4 is 52.1 Å². The summed E-state index contributed by atoms with van der Waals surface area (Å²) in [6, 6.07) is 16.5.